The van der Waals surface area contributed by atoms with Crippen LogP contribution in [0.1, 0.15) is 33.1 Å². The Balaban J connectivity index is 1.83. The number of nitro groups is 1. The molecule has 1 saturated heterocycles. The normalized spacial score (nSPS) is 20.0. The first kappa shape index (κ1) is 18.7. The second-order valence-electron chi connectivity index (χ2n) is 6.10. The van der Waals surface area contributed by atoms with E-state index in [-0.39, 0.29) is 36.0 Å². The number of carbonyl (C=O) groups excluding carboxylic acids is 2. The Morgan fingerprint density at radius 1 is 1.20 bits per heavy atom. The third-order valence-corrected chi connectivity index (χ3v) is 4.25. The average Bonchev–Trinajstić information content (AvgIpc) is 2.58. The van der Waals surface area contributed by atoms with Gasteiger partial charge in [0.2, 0.25) is 0 Å². The monoisotopic (exact) mass is 350 g/mol. The van der Waals surface area contributed by atoms with Crippen molar-refractivity contribution in [3.8, 4) is 5.75 Å². The van der Waals surface area contributed by atoms with Gasteiger partial charge in [-0.05, 0) is 39.2 Å². The number of amides is 1. The molecule has 8 nitrogen and oxygen atoms in total. The topological polar surface area (TPSA) is 99.0 Å². The fourth-order valence-electron chi connectivity index (χ4n) is 3.04. The smallest absolute Gasteiger partial charge is 0.344 e. The highest BCUT2D eigenvalue weighted by Crippen LogP contribution is 2.25. The van der Waals surface area contributed by atoms with E-state index in [0.717, 1.165) is 19.3 Å². The molecule has 0 aliphatic carbocycles. The largest absolute Gasteiger partial charge is 0.475 e. The first-order valence-corrected chi connectivity index (χ1v) is 8.23. The van der Waals surface area contributed by atoms with Gasteiger partial charge in [0.05, 0.1) is 4.92 Å². The number of hydrogen-bond donors (Lipinski definition) is 0. The molecule has 1 amide bonds. The van der Waals surface area contributed by atoms with Crippen molar-refractivity contribution >= 4 is 17.6 Å². The van der Waals surface area contributed by atoms with Gasteiger partial charge in [0, 0.05) is 18.2 Å². The third-order valence-electron chi connectivity index (χ3n) is 4.25. The van der Waals surface area contributed by atoms with E-state index in [1.165, 1.54) is 18.2 Å². The minimum absolute atomic E-state index is 0.0194. The zero-order valence-electron chi connectivity index (χ0n) is 14.3. The zero-order valence-corrected chi connectivity index (χ0v) is 14.3. The molecule has 1 aromatic carbocycles. The lowest BCUT2D eigenvalue weighted by molar-refractivity contribution is -0.385. The van der Waals surface area contributed by atoms with Crippen LogP contribution in [0, 0.1) is 10.1 Å². The van der Waals surface area contributed by atoms with Crippen LogP contribution in [0.2, 0.25) is 0 Å². The standard InChI is InChI=1S/C17H22N2O6/c1-12-6-5-7-13(2)18(12)16(20)10-25-17(21)11-24-15-9-4-3-8-14(15)19(22)23/h3-4,8-9,12-13H,5-7,10-11H2,1-2H3/t12-,13+. The molecule has 0 radical (unpaired) electrons. The molecule has 0 aromatic heterocycles. The summed E-state index contributed by atoms with van der Waals surface area (Å²) in [5.74, 6) is -1.00. The van der Waals surface area contributed by atoms with Crippen molar-refractivity contribution in [1.82, 2.24) is 4.90 Å². The first-order valence-electron chi connectivity index (χ1n) is 8.23. The van der Waals surface area contributed by atoms with Crippen molar-refractivity contribution in [2.45, 2.75) is 45.2 Å². The number of rotatable bonds is 6. The molecule has 2 atom stereocenters. The second kappa shape index (κ2) is 8.46. The molecule has 8 heteroatoms. The number of nitrogens with zero attached hydrogens (tertiary/aromatic N) is 2. The lowest BCUT2D eigenvalue weighted by Crippen LogP contribution is -2.49. The van der Waals surface area contributed by atoms with Gasteiger partial charge >= 0.3 is 11.7 Å². The van der Waals surface area contributed by atoms with E-state index in [4.69, 9.17) is 9.47 Å². The van der Waals surface area contributed by atoms with Crippen LogP contribution in [0.15, 0.2) is 24.3 Å². The molecule has 25 heavy (non-hydrogen) atoms. The molecule has 1 aromatic rings. The summed E-state index contributed by atoms with van der Waals surface area (Å²) in [6.45, 7) is 3.11. The van der Waals surface area contributed by atoms with Crippen LogP contribution in [0.5, 0.6) is 5.75 Å². The van der Waals surface area contributed by atoms with Gasteiger partial charge in [-0.2, -0.15) is 0 Å². The predicted molar refractivity (Wildman–Crippen MR) is 89.2 cm³/mol. The zero-order chi connectivity index (χ0) is 18.4. The molecule has 136 valence electrons. The Labute approximate surface area is 145 Å². The molecular formula is C17H22N2O6. The summed E-state index contributed by atoms with van der Waals surface area (Å²) in [7, 11) is 0. The highest BCUT2D eigenvalue weighted by atomic mass is 16.6. The molecule has 1 aliphatic heterocycles. The number of para-hydroxylation sites is 2. The molecule has 0 spiro atoms. The van der Waals surface area contributed by atoms with E-state index in [1.54, 1.807) is 11.0 Å². The van der Waals surface area contributed by atoms with Crippen LogP contribution in [-0.2, 0) is 14.3 Å². The van der Waals surface area contributed by atoms with Crippen molar-refractivity contribution in [3.63, 3.8) is 0 Å². The van der Waals surface area contributed by atoms with Gasteiger partial charge < -0.3 is 14.4 Å². The van der Waals surface area contributed by atoms with Gasteiger partial charge in [0.25, 0.3) is 5.91 Å². The summed E-state index contributed by atoms with van der Waals surface area (Å²) in [6, 6.07) is 5.99. The van der Waals surface area contributed by atoms with Crippen LogP contribution >= 0.6 is 0 Å². The Hall–Kier alpha value is -2.64. The van der Waals surface area contributed by atoms with Gasteiger partial charge in [-0.1, -0.05) is 12.1 Å². The van der Waals surface area contributed by atoms with Crippen molar-refractivity contribution < 1.29 is 24.0 Å². The number of ether oxygens (including phenoxy) is 2. The van der Waals surface area contributed by atoms with E-state index >= 15 is 0 Å². The molecule has 1 fully saturated rings. The van der Waals surface area contributed by atoms with E-state index in [0.29, 0.717) is 0 Å². The Bertz CT molecular complexity index is 638. The molecule has 0 unspecified atom stereocenters. The highest BCUT2D eigenvalue weighted by molar-refractivity contribution is 5.81. The molecule has 2 rings (SSSR count). The Kier molecular flexibility index (Phi) is 6.32. The first-order chi connectivity index (χ1) is 11.9. The third kappa shape index (κ3) is 4.91. The summed E-state index contributed by atoms with van der Waals surface area (Å²) >= 11 is 0. The van der Waals surface area contributed by atoms with E-state index in [1.807, 2.05) is 13.8 Å². The number of benzene rings is 1. The van der Waals surface area contributed by atoms with Crippen LogP contribution < -0.4 is 4.74 Å². The predicted octanol–water partition coefficient (Wildman–Crippen LogP) is 2.31. The van der Waals surface area contributed by atoms with Crippen molar-refractivity contribution in [3.05, 3.63) is 34.4 Å². The van der Waals surface area contributed by atoms with Crippen molar-refractivity contribution in [1.29, 1.82) is 0 Å². The molecular weight excluding hydrogens is 328 g/mol. The number of hydrogen-bond acceptors (Lipinski definition) is 6. The Morgan fingerprint density at radius 2 is 1.84 bits per heavy atom. The highest BCUT2D eigenvalue weighted by Gasteiger charge is 2.29. The summed E-state index contributed by atoms with van der Waals surface area (Å²) in [5, 5.41) is 10.9. The van der Waals surface area contributed by atoms with Crippen LogP contribution in [-0.4, -0.2) is 47.0 Å². The minimum Gasteiger partial charge on any atom is -0.475 e. The number of nitro benzene ring substituents is 1. The fourth-order valence-corrected chi connectivity index (χ4v) is 3.04. The Morgan fingerprint density at radius 3 is 2.48 bits per heavy atom. The lowest BCUT2D eigenvalue weighted by Gasteiger charge is -2.38. The van der Waals surface area contributed by atoms with Gasteiger partial charge in [-0.15, -0.1) is 0 Å². The maximum Gasteiger partial charge on any atom is 0.344 e. The summed E-state index contributed by atoms with van der Waals surface area (Å²) in [6.07, 6.45) is 2.95. The van der Waals surface area contributed by atoms with Crippen LogP contribution in [0.4, 0.5) is 5.69 Å². The summed E-state index contributed by atoms with van der Waals surface area (Å²) in [5.41, 5.74) is -0.234. The van der Waals surface area contributed by atoms with Crippen LogP contribution in [0.25, 0.3) is 0 Å². The fraction of sp³-hybridized carbons (Fsp3) is 0.529. The van der Waals surface area contributed by atoms with Crippen molar-refractivity contribution in [2.24, 2.45) is 0 Å². The van der Waals surface area contributed by atoms with E-state index in [2.05, 4.69) is 0 Å². The van der Waals surface area contributed by atoms with Gasteiger partial charge in [0.1, 0.15) is 0 Å². The number of esters is 1. The maximum atomic E-state index is 12.3. The number of carbonyl (C=O) groups is 2. The molecule has 0 bridgehead atoms. The van der Waals surface area contributed by atoms with Gasteiger partial charge in [-0.3, -0.25) is 14.9 Å². The van der Waals surface area contributed by atoms with Crippen molar-refractivity contribution in [2.75, 3.05) is 13.2 Å². The number of likely N-dealkylation sites (tertiary alicyclic amines) is 1. The summed E-state index contributed by atoms with van der Waals surface area (Å²) < 4.78 is 10.1. The minimum atomic E-state index is -0.746. The lowest BCUT2D eigenvalue weighted by atomic mass is 9.97. The quantitative estimate of drug-likeness (QED) is 0.443. The van der Waals surface area contributed by atoms with Gasteiger partial charge in [0.15, 0.2) is 19.0 Å². The maximum absolute atomic E-state index is 12.3. The van der Waals surface area contributed by atoms with E-state index < -0.39 is 17.5 Å². The second-order valence-corrected chi connectivity index (χ2v) is 6.10. The van der Waals surface area contributed by atoms with E-state index in [9.17, 15) is 19.7 Å². The molecule has 0 N–H and O–H groups in total. The molecule has 1 heterocycles. The van der Waals surface area contributed by atoms with Crippen LogP contribution in [0.3, 0.4) is 0 Å². The van der Waals surface area contributed by atoms with Gasteiger partial charge in [-0.25, -0.2) is 4.79 Å². The SMILES string of the molecule is C[C@@H]1CCC[C@H](C)N1C(=O)COC(=O)COc1ccccc1[N+](=O)[O-]. The number of piperidine rings is 1. The summed E-state index contributed by atoms with van der Waals surface area (Å²) in [4.78, 5) is 36.1. The molecule has 1 aliphatic rings. The average molecular weight is 350 g/mol. The molecule has 0 saturated carbocycles.